The number of hydrogen-bond donors (Lipinski definition) is 1. The smallest absolute Gasteiger partial charge is 0.438 e. The molecule has 0 aromatic heterocycles. The first kappa shape index (κ1) is 23.0. The van der Waals surface area contributed by atoms with E-state index in [2.05, 4.69) is 54.8 Å². The Hall–Kier alpha value is -1.99. The molecule has 4 heteroatoms. The summed E-state index contributed by atoms with van der Waals surface area (Å²) >= 11 is 0. The lowest BCUT2D eigenvalue weighted by Crippen LogP contribution is -2.32. The Kier molecular flexibility index (Phi) is 12.1. The molecule has 0 spiro atoms. The molecule has 2 atom stereocenters. The van der Waals surface area contributed by atoms with Crippen molar-refractivity contribution in [1.29, 1.82) is 0 Å². The van der Waals surface area contributed by atoms with E-state index in [9.17, 15) is 4.79 Å². The van der Waals surface area contributed by atoms with Crippen LogP contribution in [0.3, 0.4) is 0 Å². The van der Waals surface area contributed by atoms with Crippen molar-refractivity contribution in [2.75, 3.05) is 7.11 Å². The van der Waals surface area contributed by atoms with E-state index >= 15 is 0 Å². The van der Waals surface area contributed by atoms with Crippen molar-refractivity contribution in [3.05, 3.63) is 35.9 Å². The van der Waals surface area contributed by atoms with Crippen LogP contribution in [0.2, 0.25) is 0 Å². The van der Waals surface area contributed by atoms with Crippen molar-refractivity contribution >= 4 is 6.16 Å². The first-order valence-electron chi connectivity index (χ1n) is 10.1. The lowest BCUT2D eigenvalue weighted by Gasteiger charge is -2.18. The number of ether oxygens (including phenoxy) is 2. The zero-order valence-corrected chi connectivity index (χ0v) is 17.3. The minimum Gasteiger partial charge on any atom is -0.438 e. The Balaban J connectivity index is 2.64. The summed E-state index contributed by atoms with van der Waals surface area (Å²) < 4.78 is 9.98. The second kappa shape index (κ2) is 14.1. The van der Waals surface area contributed by atoms with Gasteiger partial charge >= 0.3 is 6.16 Å². The molecule has 2 unspecified atom stereocenters. The van der Waals surface area contributed by atoms with Crippen molar-refractivity contribution in [1.82, 2.24) is 5.32 Å². The number of methoxy groups -OCH3 is 1. The highest BCUT2D eigenvalue weighted by Gasteiger charge is 2.14. The summed E-state index contributed by atoms with van der Waals surface area (Å²) in [5.74, 6) is 6.79. The summed E-state index contributed by atoms with van der Waals surface area (Å²) in [6, 6.07) is 10.3. The maximum atomic E-state index is 11.5. The van der Waals surface area contributed by atoms with E-state index < -0.39 is 12.3 Å². The van der Waals surface area contributed by atoms with Crippen molar-refractivity contribution in [2.45, 2.75) is 78.0 Å². The largest absolute Gasteiger partial charge is 0.509 e. The molecule has 0 fully saturated rings. The van der Waals surface area contributed by atoms with Gasteiger partial charge in [0.1, 0.15) is 0 Å². The van der Waals surface area contributed by atoms with Crippen molar-refractivity contribution < 1.29 is 14.3 Å². The molecule has 0 saturated carbocycles. The average Bonchev–Trinajstić information content (AvgIpc) is 2.67. The number of carbonyl (C=O) groups is 1. The van der Waals surface area contributed by atoms with Gasteiger partial charge in [-0.1, -0.05) is 88.6 Å². The second-order valence-corrected chi connectivity index (χ2v) is 7.14. The Morgan fingerprint density at radius 1 is 1.07 bits per heavy atom. The van der Waals surface area contributed by atoms with Crippen molar-refractivity contribution in [2.24, 2.45) is 5.92 Å². The van der Waals surface area contributed by atoms with Crippen molar-refractivity contribution in [3.8, 4) is 11.8 Å². The Morgan fingerprint density at radius 3 is 2.41 bits per heavy atom. The molecule has 0 aliphatic rings. The van der Waals surface area contributed by atoms with Crippen LogP contribution in [-0.4, -0.2) is 25.4 Å². The fraction of sp³-hybridized carbons (Fsp3) is 0.609. The summed E-state index contributed by atoms with van der Waals surface area (Å²) in [6.45, 7) is 7.23. The number of unbranched alkanes of at least 4 members (excludes halogenated alkanes) is 4. The van der Waals surface area contributed by atoms with Gasteiger partial charge in [0.2, 0.25) is 0 Å². The van der Waals surface area contributed by atoms with Crippen LogP contribution in [0.15, 0.2) is 30.3 Å². The molecule has 0 saturated heterocycles. The first-order valence-corrected chi connectivity index (χ1v) is 10.1. The van der Waals surface area contributed by atoms with Crippen molar-refractivity contribution in [3.63, 3.8) is 0 Å². The molecule has 0 aliphatic carbocycles. The standard InChI is InChI=1S/C23H35NO3/c1-5-6-7-8-12-15-21(27-23(25)26-4)16-17-22(19(2)3)24-18-20-13-10-9-11-14-20/h9-11,13-14,19,21-22,24H,5-8,12,15,18H2,1-4H3. The van der Waals surface area contributed by atoms with Gasteiger partial charge in [-0.3, -0.25) is 5.32 Å². The molecule has 0 radical (unpaired) electrons. The van der Waals surface area contributed by atoms with Crippen LogP contribution in [0.4, 0.5) is 4.79 Å². The highest BCUT2D eigenvalue weighted by molar-refractivity contribution is 5.60. The number of nitrogens with one attached hydrogen (secondary N) is 1. The maximum Gasteiger partial charge on any atom is 0.509 e. The van der Waals surface area contributed by atoms with Gasteiger partial charge in [0.15, 0.2) is 6.10 Å². The van der Waals surface area contributed by atoms with Gasteiger partial charge in [0.25, 0.3) is 0 Å². The molecule has 0 aliphatic heterocycles. The van der Waals surface area contributed by atoms with E-state index in [1.807, 2.05) is 18.2 Å². The molecular weight excluding hydrogens is 338 g/mol. The molecule has 0 bridgehead atoms. The number of carbonyl (C=O) groups excluding carboxylic acids is 1. The molecule has 27 heavy (non-hydrogen) atoms. The van der Waals surface area contributed by atoms with Crippen LogP contribution in [0.25, 0.3) is 0 Å². The maximum absolute atomic E-state index is 11.5. The molecule has 0 amide bonds. The summed E-state index contributed by atoms with van der Waals surface area (Å²) in [5.41, 5.74) is 1.23. The SMILES string of the molecule is CCCCCCCC(C#CC(NCc1ccccc1)C(C)C)OC(=O)OC. The minimum atomic E-state index is -0.666. The summed E-state index contributed by atoms with van der Waals surface area (Å²) in [5, 5.41) is 3.50. The van der Waals surface area contributed by atoms with Gasteiger partial charge in [-0.25, -0.2) is 4.79 Å². The predicted molar refractivity (Wildman–Crippen MR) is 110 cm³/mol. The third-order valence-corrected chi connectivity index (χ3v) is 4.41. The van der Waals surface area contributed by atoms with Crippen LogP contribution in [0.1, 0.15) is 64.9 Å². The Bertz CT molecular complexity index is 574. The zero-order valence-electron chi connectivity index (χ0n) is 17.3. The average molecular weight is 374 g/mol. The molecule has 1 N–H and O–H groups in total. The lowest BCUT2D eigenvalue weighted by molar-refractivity contribution is 0.0520. The van der Waals surface area contributed by atoms with Gasteiger partial charge in [0.05, 0.1) is 13.2 Å². The molecular formula is C23H35NO3. The second-order valence-electron chi connectivity index (χ2n) is 7.14. The van der Waals surface area contributed by atoms with E-state index in [1.54, 1.807) is 0 Å². The normalized spacial score (nSPS) is 12.8. The molecule has 0 heterocycles. The summed E-state index contributed by atoms with van der Waals surface area (Å²) in [6.07, 6.45) is 5.46. The van der Waals surface area contributed by atoms with Crippen LogP contribution in [0.5, 0.6) is 0 Å². The Morgan fingerprint density at radius 2 is 1.78 bits per heavy atom. The number of benzene rings is 1. The molecule has 150 valence electrons. The van der Waals surface area contributed by atoms with Gasteiger partial charge in [-0.15, -0.1) is 0 Å². The minimum absolute atomic E-state index is 0.0362. The number of rotatable bonds is 11. The van der Waals surface area contributed by atoms with Crippen LogP contribution in [-0.2, 0) is 16.0 Å². The lowest BCUT2D eigenvalue weighted by atomic mass is 10.0. The third-order valence-electron chi connectivity index (χ3n) is 4.41. The van der Waals surface area contributed by atoms with E-state index in [-0.39, 0.29) is 6.04 Å². The number of hydrogen-bond acceptors (Lipinski definition) is 4. The fourth-order valence-electron chi connectivity index (χ4n) is 2.72. The zero-order chi connectivity index (χ0) is 19.9. The quantitative estimate of drug-likeness (QED) is 0.324. The molecule has 1 rings (SSSR count). The topological polar surface area (TPSA) is 47.6 Å². The first-order chi connectivity index (χ1) is 13.1. The van der Waals surface area contributed by atoms with E-state index in [0.29, 0.717) is 5.92 Å². The third kappa shape index (κ3) is 10.7. The van der Waals surface area contributed by atoms with E-state index in [4.69, 9.17) is 4.74 Å². The van der Waals surface area contributed by atoms with E-state index in [1.165, 1.54) is 31.9 Å². The van der Waals surface area contributed by atoms with Crippen LogP contribution in [0, 0.1) is 17.8 Å². The highest BCUT2D eigenvalue weighted by Crippen LogP contribution is 2.11. The summed E-state index contributed by atoms with van der Waals surface area (Å²) in [4.78, 5) is 11.5. The van der Waals surface area contributed by atoms with Gasteiger partial charge in [0, 0.05) is 6.54 Å². The van der Waals surface area contributed by atoms with Gasteiger partial charge < -0.3 is 9.47 Å². The molecule has 1 aromatic carbocycles. The molecule has 4 nitrogen and oxygen atoms in total. The van der Waals surface area contributed by atoms with E-state index in [0.717, 1.165) is 25.8 Å². The predicted octanol–water partition coefficient (Wildman–Crippen LogP) is 5.32. The van der Waals surface area contributed by atoms with Gasteiger partial charge in [-0.05, 0) is 24.3 Å². The summed E-state index contributed by atoms with van der Waals surface area (Å²) in [7, 11) is 1.33. The monoisotopic (exact) mass is 373 g/mol. The van der Waals surface area contributed by atoms with Gasteiger partial charge in [-0.2, -0.15) is 0 Å². The highest BCUT2D eigenvalue weighted by atomic mass is 16.7. The van der Waals surface area contributed by atoms with Crippen LogP contribution < -0.4 is 5.32 Å². The van der Waals surface area contributed by atoms with Crippen LogP contribution >= 0.6 is 0 Å². The Labute approximate surface area is 165 Å². The fourth-order valence-corrected chi connectivity index (χ4v) is 2.72. The molecule has 1 aromatic rings.